The number of anilines is 2. The Morgan fingerprint density at radius 3 is 2.75 bits per heavy atom. The van der Waals surface area contributed by atoms with Gasteiger partial charge >= 0.3 is 5.97 Å². The van der Waals surface area contributed by atoms with E-state index in [1.54, 1.807) is 12.4 Å². The van der Waals surface area contributed by atoms with Gasteiger partial charge in [-0.15, -0.1) is 0 Å². The maximum atomic E-state index is 12.7. The van der Waals surface area contributed by atoms with Gasteiger partial charge in [0.15, 0.2) is 11.5 Å². The van der Waals surface area contributed by atoms with Gasteiger partial charge in [-0.3, -0.25) is 0 Å². The Labute approximate surface area is 220 Å². The van der Waals surface area contributed by atoms with Gasteiger partial charge in [-0.2, -0.15) is 0 Å². The lowest BCUT2D eigenvalue weighted by Crippen LogP contribution is -2.41. The third-order valence-electron chi connectivity index (χ3n) is 7.52. The summed E-state index contributed by atoms with van der Waals surface area (Å²) >= 11 is 8.08. The van der Waals surface area contributed by atoms with Crippen LogP contribution in [-0.2, 0) is 9.47 Å². The number of hydrogen-bond donors (Lipinski definition) is 1. The molecule has 9 nitrogen and oxygen atoms in total. The molecule has 194 valence electrons. The van der Waals surface area contributed by atoms with Gasteiger partial charge in [-0.1, -0.05) is 23.4 Å². The number of esters is 1. The number of piperidine rings is 1. The van der Waals surface area contributed by atoms with Crippen molar-refractivity contribution >= 4 is 41.0 Å². The Hall–Kier alpha value is -2.14. The fraction of sp³-hybridized carbons (Fsp3) is 0.600. The lowest BCUT2D eigenvalue weighted by Gasteiger charge is -2.39. The van der Waals surface area contributed by atoms with E-state index in [1.807, 2.05) is 6.07 Å². The van der Waals surface area contributed by atoms with E-state index in [0.717, 1.165) is 63.4 Å². The van der Waals surface area contributed by atoms with Gasteiger partial charge in [-0.05, 0) is 44.1 Å². The normalized spacial score (nSPS) is 23.4. The molecule has 0 aliphatic carbocycles. The average Bonchev–Trinajstić information content (AvgIpc) is 3.52. The molecule has 0 radical (unpaired) electrons. The van der Waals surface area contributed by atoms with Crippen LogP contribution in [0.25, 0.3) is 0 Å². The maximum absolute atomic E-state index is 12.7. The molecule has 36 heavy (non-hydrogen) atoms. The second-order valence-corrected chi connectivity index (χ2v) is 11.5. The second-order valence-electron chi connectivity index (χ2n) is 10.0. The van der Waals surface area contributed by atoms with Gasteiger partial charge in [0.2, 0.25) is 0 Å². The minimum Gasteiger partial charge on any atom is -0.464 e. The van der Waals surface area contributed by atoms with Crippen LogP contribution >= 0.6 is 23.4 Å². The molecule has 0 aromatic carbocycles. The molecule has 1 N–H and O–H groups in total. The van der Waals surface area contributed by atoms with Crippen molar-refractivity contribution in [3.63, 3.8) is 0 Å². The van der Waals surface area contributed by atoms with Crippen molar-refractivity contribution in [2.24, 2.45) is 11.3 Å². The van der Waals surface area contributed by atoms with Crippen LogP contribution in [0.3, 0.4) is 0 Å². The van der Waals surface area contributed by atoms with Crippen molar-refractivity contribution in [1.29, 1.82) is 0 Å². The molecule has 5 rings (SSSR count). The number of halogens is 1. The Morgan fingerprint density at radius 2 is 2.08 bits per heavy atom. The third-order valence-corrected chi connectivity index (χ3v) is 8.97. The molecule has 2 aromatic heterocycles. The zero-order valence-electron chi connectivity index (χ0n) is 20.7. The molecule has 2 atom stereocenters. The second kappa shape index (κ2) is 10.7. The van der Waals surface area contributed by atoms with E-state index in [2.05, 4.69) is 31.7 Å². The number of carbonyl (C=O) groups is 1. The lowest BCUT2D eigenvalue weighted by molar-refractivity contribution is 0.0593. The fourth-order valence-electron chi connectivity index (χ4n) is 5.47. The summed E-state index contributed by atoms with van der Waals surface area (Å²) < 4.78 is 10.9. The highest BCUT2D eigenvalue weighted by atomic mass is 35.5. The average molecular weight is 534 g/mol. The molecule has 3 aliphatic rings. The molecule has 1 unspecified atom stereocenters. The molecule has 11 heteroatoms. The summed E-state index contributed by atoms with van der Waals surface area (Å²) in [5.41, 5.74) is 0.442. The number of aromatic nitrogens is 3. The first-order valence-corrected chi connectivity index (χ1v) is 13.6. The largest absolute Gasteiger partial charge is 0.464 e. The van der Waals surface area contributed by atoms with E-state index in [4.69, 9.17) is 21.1 Å². The highest BCUT2D eigenvalue weighted by Crippen LogP contribution is 2.43. The predicted octanol–water partition coefficient (Wildman–Crippen LogP) is 3.68. The van der Waals surface area contributed by atoms with E-state index >= 15 is 0 Å². The van der Waals surface area contributed by atoms with E-state index in [-0.39, 0.29) is 23.6 Å². The van der Waals surface area contributed by atoms with Crippen molar-refractivity contribution in [2.75, 3.05) is 56.3 Å². The summed E-state index contributed by atoms with van der Waals surface area (Å²) in [5, 5.41) is 10.6. The van der Waals surface area contributed by atoms with Gasteiger partial charge in [-0.25, -0.2) is 19.7 Å². The number of ether oxygens (including phenoxy) is 2. The zero-order valence-corrected chi connectivity index (χ0v) is 22.2. The molecule has 3 saturated heterocycles. The molecular weight excluding hydrogens is 502 g/mol. The van der Waals surface area contributed by atoms with Crippen LogP contribution in [-0.4, -0.2) is 78.6 Å². The van der Waals surface area contributed by atoms with Gasteiger partial charge in [0.05, 0.1) is 31.0 Å². The van der Waals surface area contributed by atoms with Gasteiger partial charge < -0.3 is 24.4 Å². The molecular formula is C25H32ClN5O4S. The number of carbonyl (C=O) groups excluding carboxylic acids is 1. The highest BCUT2D eigenvalue weighted by Gasteiger charge is 2.41. The van der Waals surface area contributed by atoms with Crippen molar-refractivity contribution in [3.8, 4) is 0 Å². The standard InChI is InChI=1S/C25H32ClN5O4S/c1-16-11-25(15-35-16)5-9-30(10-6-25)23-21(24(33)34-2)29-19(12-28-23)36-18-3-7-27-22(20(18)26)31-8-4-17(13-31)14-32/h3,7,12,16-17,32H,4-6,8-11,13-15H2,1-2H3/t16-,17?/m0/s1. The first-order chi connectivity index (χ1) is 17.4. The number of pyridine rings is 1. The Kier molecular flexibility index (Phi) is 7.57. The molecule has 3 aliphatic heterocycles. The molecule has 5 heterocycles. The maximum Gasteiger partial charge on any atom is 0.360 e. The molecule has 0 bridgehead atoms. The molecule has 2 aromatic rings. The quantitative estimate of drug-likeness (QED) is 0.553. The Morgan fingerprint density at radius 1 is 1.28 bits per heavy atom. The molecule has 1 spiro atoms. The van der Waals surface area contributed by atoms with Crippen LogP contribution in [0.2, 0.25) is 5.02 Å². The minimum absolute atomic E-state index is 0.158. The van der Waals surface area contributed by atoms with E-state index in [9.17, 15) is 9.90 Å². The molecule has 3 fully saturated rings. The number of rotatable bonds is 6. The first-order valence-electron chi connectivity index (χ1n) is 12.4. The van der Waals surface area contributed by atoms with Crippen LogP contribution in [0.4, 0.5) is 11.6 Å². The molecule has 0 amide bonds. The Balaban J connectivity index is 1.35. The van der Waals surface area contributed by atoms with Crippen molar-refractivity contribution in [1.82, 2.24) is 15.0 Å². The van der Waals surface area contributed by atoms with Crippen LogP contribution in [0.1, 0.15) is 43.1 Å². The SMILES string of the molecule is COC(=O)c1nc(Sc2ccnc(N3CCC(CO)C3)c2Cl)cnc1N1CCC2(CC1)CO[C@@H](C)C2. The smallest absolute Gasteiger partial charge is 0.360 e. The zero-order chi connectivity index (χ0) is 25.3. The number of nitrogens with zero attached hydrogens (tertiary/aromatic N) is 5. The first kappa shape index (κ1) is 25.5. The summed E-state index contributed by atoms with van der Waals surface area (Å²) in [6.07, 6.45) is 7.70. The third kappa shape index (κ3) is 5.14. The van der Waals surface area contributed by atoms with E-state index < -0.39 is 5.97 Å². The van der Waals surface area contributed by atoms with E-state index in [1.165, 1.54) is 18.9 Å². The highest BCUT2D eigenvalue weighted by molar-refractivity contribution is 7.99. The number of aliphatic hydroxyl groups excluding tert-OH is 1. The van der Waals surface area contributed by atoms with Gasteiger partial charge in [0, 0.05) is 49.8 Å². The Bertz CT molecular complexity index is 1110. The number of hydrogen-bond acceptors (Lipinski definition) is 10. The van der Waals surface area contributed by atoms with Gasteiger partial charge in [0.1, 0.15) is 10.8 Å². The van der Waals surface area contributed by atoms with Crippen molar-refractivity contribution in [2.45, 2.75) is 48.6 Å². The van der Waals surface area contributed by atoms with Crippen LogP contribution in [0.5, 0.6) is 0 Å². The monoisotopic (exact) mass is 533 g/mol. The summed E-state index contributed by atoms with van der Waals surface area (Å²) in [6.45, 7) is 6.21. The van der Waals surface area contributed by atoms with Crippen LogP contribution in [0, 0.1) is 11.3 Å². The number of methoxy groups -OCH3 is 1. The summed E-state index contributed by atoms with van der Waals surface area (Å²) in [6, 6.07) is 1.83. The fourth-order valence-corrected chi connectivity index (χ4v) is 6.59. The lowest BCUT2D eigenvalue weighted by atomic mass is 9.77. The summed E-state index contributed by atoms with van der Waals surface area (Å²) in [7, 11) is 1.36. The van der Waals surface area contributed by atoms with Crippen molar-refractivity contribution < 1.29 is 19.4 Å². The van der Waals surface area contributed by atoms with Gasteiger partial charge in [0.25, 0.3) is 0 Å². The number of aliphatic hydroxyl groups is 1. The predicted molar refractivity (Wildman–Crippen MR) is 138 cm³/mol. The van der Waals surface area contributed by atoms with Crippen molar-refractivity contribution in [3.05, 3.63) is 29.2 Å². The summed E-state index contributed by atoms with van der Waals surface area (Å²) in [5.74, 6) is 0.977. The van der Waals surface area contributed by atoms with Crippen LogP contribution < -0.4 is 9.80 Å². The van der Waals surface area contributed by atoms with E-state index in [0.29, 0.717) is 27.8 Å². The summed E-state index contributed by atoms with van der Waals surface area (Å²) in [4.78, 5) is 31.5. The molecule has 0 saturated carbocycles. The van der Waals surface area contributed by atoms with Crippen LogP contribution in [0.15, 0.2) is 28.4 Å². The minimum atomic E-state index is -0.508. The topological polar surface area (TPSA) is 101 Å².